The number of rotatable bonds is 8. The number of nitrogens with one attached hydrogen (secondary N) is 1. The quantitative estimate of drug-likeness (QED) is 0.261. The first kappa shape index (κ1) is 30.8. The molecule has 3 aromatic carbocycles. The van der Waals surface area contributed by atoms with Gasteiger partial charge in [0.05, 0.1) is 23.9 Å². The van der Waals surface area contributed by atoms with Crippen molar-refractivity contribution in [2.75, 3.05) is 18.0 Å². The van der Waals surface area contributed by atoms with Crippen LogP contribution in [0.3, 0.4) is 0 Å². The SMILES string of the molecule is CC(C)(C)OC(=O)NN=Cc1ccc(C2(CC(=O)O)CN(CCc3ccccc3)C(=O)c3ccccc3N2C(N)=O)cc1. The molecule has 1 heterocycles. The van der Waals surface area contributed by atoms with Gasteiger partial charge in [-0.1, -0.05) is 66.7 Å². The summed E-state index contributed by atoms with van der Waals surface area (Å²) in [5.74, 6) is -1.50. The Labute approximate surface area is 249 Å². The van der Waals surface area contributed by atoms with Crippen LogP contribution in [0.4, 0.5) is 15.3 Å². The fraction of sp³-hybridized carbons (Fsp3) is 0.281. The Hall–Kier alpha value is -5.19. The van der Waals surface area contributed by atoms with Gasteiger partial charge in [0, 0.05) is 13.1 Å². The second kappa shape index (κ2) is 12.8. The average molecular weight is 586 g/mol. The van der Waals surface area contributed by atoms with Crippen LogP contribution in [-0.4, -0.2) is 58.9 Å². The average Bonchev–Trinajstić information content (AvgIpc) is 3.04. The molecule has 3 aromatic rings. The number of hydrogen-bond donors (Lipinski definition) is 3. The van der Waals surface area contributed by atoms with Crippen molar-refractivity contribution in [1.82, 2.24) is 10.3 Å². The third kappa shape index (κ3) is 7.37. The molecule has 0 saturated heterocycles. The van der Waals surface area contributed by atoms with Gasteiger partial charge in [-0.15, -0.1) is 0 Å². The topological polar surface area (TPSA) is 155 Å². The summed E-state index contributed by atoms with van der Waals surface area (Å²) in [4.78, 5) is 54.2. The molecule has 4 amide bonds. The van der Waals surface area contributed by atoms with Crippen LogP contribution in [0.15, 0.2) is 84.0 Å². The number of hydrazone groups is 1. The smallest absolute Gasteiger partial charge is 0.428 e. The van der Waals surface area contributed by atoms with Crippen molar-refractivity contribution in [2.24, 2.45) is 10.8 Å². The molecule has 11 nitrogen and oxygen atoms in total. The minimum absolute atomic E-state index is 0.115. The fourth-order valence-electron chi connectivity index (χ4n) is 5.18. The maximum Gasteiger partial charge on any atom is 0.428 e. The van der Waals surface area contributed by atoms with E-state index in [1.165, 1.54) is 11.1 Å². The van der Waals surface area contributed by atoms with Gasteiger partial charge in [0.1, 0.15) is 11.1 Å². The van der Waals surface area contributed by atoms with Gasteiger partial charge in [-0.3, -0.25) is 14.5 Å². The molecular weight excluding hydrogens is 550 g/mol. The van der Waals surface area contributed by atoms with Crippen LogP contribution in [0.5, 0.6) is 0 Å². The van der Waals surface area contributed by atoms with E-state index in [0.29, 0.717) is 17.5 Å². The van der Waals surface area contributed by atoms with E-state index >= 15 is 0 Å². The van der Waals surface area contributed by atoms with Gasteiger partial charge in [0.2, 0.25) is 0 Å². The second-order valence-corrected chi connectivity index (χ2v) is 11.2. The molecular formula is C32H35N5O6. The van der Waals surface area contributed by atoms with Crippen LogP contribution in [0.25, 0.3) is 0 Å². The number of aliphatic carboxylic acids is 1. The second-order valence-electron chi connectivity index (χ2n) is 11.2. The van der Waals surface area contributed by atoms with E-state index in [0.717, 1.165) is 5.56 Å². The van der Waals surface area contributed by atoms with Gasteiger partial charge < -0.3 is 20.5 Å². The maximum atomic E-state index is 13.9. The number of carbonyl (C=O) groups is 4. The third-order valence-corrected chi connectivity index (χ3v) is 6.94. The predicted octanol–water partition coefficient (Wildman–Crippen LogP) is 4.50. The van der Waals surface area contributed by atoms with E-state index in [1.54, 1.807) is 74.2 Å². The molecule has 0 saturated carbocycles. The molecule has 1 atom stereocenters. The number of para-hydroxylation sites is 1. The van der Waals surface area contributed by atoms with Crippen LogP contribution in [-0.2, 0) is 21.5 Å². The van der Waals surface area contributed by atoms with Gasteiger partial charge in [-0.2, -0.15) is 5.10 Å². The lowest BCUT2D eigenvalue weighted by Gasteiger charge is -2.43. The lowest BCUT2D eigenvalue weighted by molar-refractivity contribution is -0.138. The maximum absolute atomic E-state index is 13.9. The first-order valence-electron chi connectivity index (χ1n) is 13.8. The lowest BCUT2D eigenvalue weighted by Crippen LogP contribution is -2.57. The monoisotopic (exact) mass is 585 g/mol. The molecule has 1 aliphatic rings. The van der Waals surface area contributed by atoms with E-state index in [4.69, 9.17) is 10.5 Å². The van der Waals surface area contributed by atoms with Crippen molar-refractivity contribution in [3.63, 3.8) is 0 Å². The van der Waals surface area contributed by atoms with E-state index in [9.17, 15) is 24.3 Å². The molecule has 1 unspecified atom stereocenters. The summed E-state index contributed by atoms with van der Waals surface area (Å²) in [6.45, 7) is 5.38. The van der Waals surface area contributed by atoms with Crippen molar-refractivity contribution in [1.29, 1.82) is 0 Å². The van der Waals surface area contributed by atoms with Crippen LogP contribution < -0.4 is 16.1 Å². The van der Waals surface area contributed by atoms with E-state index in [-0.39, 0.29) is 30.2 Å². The number of urea groups is 1. The summed E-state index contributed by atoms with van der Waals surface area (Å²) < 4.78 is 5.16. The van der Waals surface area contributed by atoms with Crippen LogP contribution in [0.2, 0.25) is 0 Å². The lowest BCUT2D eigenvalue weighted by atomic mass is 9.83. The number of hydrogen-bond acceptors (Lipinski definition) is 6. The molecule has 0 radical (unpaired) electrons. The zero-order valence-corrected chi connectivity index (χ0v) is 24.3. The molecule has 0 aliphatic carbocycles. The summed E-state index contributed by atoms with van der Waals surface area (Å²) in [7, 11) is 0. The van der Waals surface area contributed by atoms with Crippen molar-refractivity contribution in [3.05, 3.63) is 101 Å². The number of fused-ring (bicyclic) bond motifs is 1. The zero-order chi connectivity index (χ0) is 31.2. The van der Waals surface area contributed by atoms with Gasteiger partial charge in [0.15, 0.2) is 0 Å². The zero-order valence-electron chi connectivity index (χ0n) is 24.3. The van der Waals surface area contributed by atoms with E-state index < -0.39 is 35.7 Å². The molecule has 11 heteroatoms. The van der Waals surface area contributed by atoms with Gasteiger partial charge >= 0.3 is 18.1 Å². The largest absolute Gasteiger partial charge is 0.481 e. The molecule has 0 bridgehead atoms. The minimum Gasteiger partial charge on any atom is -0.481 e. The Bertz CT molecular complexity index is 1520. The summed E-state index contributed by atoms with van der Waals surface area (Å²) in [6.07, 6.45) is 0.693. The van der Waals surface area contributed by atoms with Crippen LogP contribution in [0, 0.1) is 0 Å². The van der Waals surface area contributed by atoms with Crippen molar-refractivity contribution in [3.8, 4) is 0 Å². The highest BCUT2D eigenvalue weighted by Gasteiger charge is 2.49. The number of ether oxygens (including phenoxy) is 1. The highest BCUT2D eigenvalue weighted by Crippen LogP contribution is 2.42. The number of nitrogens with two attached hydrogens (primary N) is 1. The number of carboxylic acids is 1. The number of carbonyl (C=O) groups excluding carboxylic acids is 3. The summed E-state index contributed by atoms with van der Waals surface area (Å²) in [6, 6.07) is 22.0. The van der Waals surface area contributed by atoms with E-state index in [1.807, 2.05) is 30.3 Å². The molecule has 0 fully saturated rings. The number of nitrogens with zero attached hydrogens (tertiary/aromatic N) is 3. The van der Waals surface area contributed by atoms with Crippen molar-refractivity contribution < 1.29 is 29.0 Å². The standard InChI is InChI=1S/C32H35N5O6/c1-31(2,3)43-30(42)35-34-20-23-13-15-24(16-14-23)32(19-27(38)39)21-36(18-17-22-9-5-4-6-10-22)28(40)25-11-7-8-12-26(25)37(32)29(33)41/h4-16,20H,17-19,21H2,1-3H3,(H2,33,41)(H,35,42)(H,38,39). The van der Waals surface area contributed by atoms with E-state index in [2.05, 4.69) is 10.5 Å². The van der Waals surface area contributed by atoms with Crippen molar-refractivity contribution in [2.45, 2.75) is 44.8 Å². The van der Waals surface area contributed by atoms with Crippen LogP contribution in [0.1, 0.15) is 54.2 Å². The predicted molar refractivity (Wildman–Crippen MR) is 162 cm³/mol. The molecule has 43 heavy (non-hydrogen) atoms. The molecule has 224 valence electrons. The number of anilines is 1. The summed E-state index contributed by atoms with van der Waals surface area (Å²) in [5.41, 5.74) is 8.56. The molecule has 0 aromatic heterocycles. The van der Waals surface area contributed by atoms with Gasteiger partial charge in [-0.25, -0.2) is 15.0 Å². The molecule has 0 spiro atoms. The highest BCUT2D eigenvalue weighted by atomic mass is 16.6. The Morgan fingerprint density at radius 1 is 1.02 bits per heavy atom. The number of primary amides is 1. The number of benzene rings is 3. The Morgan fingerprint density at radius 2 is 1.67 bits per heavy atom. The highest BCUT2D eigenvalue weighted by molar-refractivity contribution is 6.06. The van der Waals surface area contributed by atoms with Gasteiger partial charge in [0.25, 0.3) is 5.91 Å². The number of carboxylic acid groups (broad SMARTS) is 1. The molecule has 1 aliphatic heterocycles. The number of amides is 4. The first-order chi connectivity index (χ1) is 20.4. The van der Waals surface area contributed by atoms with Crippen LogP contribution >= 0.6 is 0 Å². The Balaban J connectivity index is 1.75. The normalized spacial score (nSPS) is 16.9. The first-order valence-corrected chi connectivity index (χ1v) is 13.8. The van der Waals surface area contributed by atoms with Crippen molar-refractivity contribution >= 4 is 35.9 Å². The Kier molecular flexibility index (Phi) is 9.13. The molecule has 4 N–H and O–H groups in total. The summed E-state index contributed by atoms with van der Waals surface area (Å²) in [5, 5.41) is 14.1. The molecule has 4 rings (SSSR count). The minimum atomic E-state index is -1.54. The Morgan fingerprint density at radius 3 is 2.30 bits per heavy atom. The third-order valence-electron chi connectivity index (χ3n) is 6.94. The van der Waals surface area contributed by atoms with Gasteiger partial charge in [-0.05, 0) is 56.0 Å². The summed E-state index contributed by atoms with van der Waals surface area (Å²) >= 11 is 0. The fourth-order valence-corrected chi connectivity index (χ4v) is 5.18.